The van der Waals surface area contributed by atoms with Gasteiger partial charge in [0.05, 0.1) is 13.2 Å². The molecular weight excluding hydrogens is 308 g/mol. The van der Waals surface area contributed by atoms with E-state index in [2.05, 4.69) is 38.1 Å². The van der Waals surface area contributed by atoms with Crippen LogP contribution in [-0.4, -0.2) is 13.2 Å². The van der Waals surface area contributed by atoms with Gasteiger partial charge in [0.25, 0.3) is 0 Å². The molecule has 0 unspecified atom stereocenters. The summed E-state index contributed by atoms with van der Waals surface area (Å²) in [5.41, 5.74) is 2.69. The summed E-state index contributed by atoms with van der Waals surface area (Å²) in [5.74, 6) is 2.31. The molecule has 0 bridgehead atoms. The Bertz CT molecular complexity index is 479. The summed E-state index contributed by atoms with van der Waals surface area (Å²) in [6.45, 7) is 6.24. The molecule has 140 valence electrons. The molecule has 0 radical (unpaired) electrons. The van der Waals surface area contributed by atoms with E-state index >= 15 is 0 Å². The van der Waals surface area contributed by atoms with Gasteiger partial charge in [0.1, 0.15) is 0 Å². The largest absolute Gasteiger partial charge is 0.348 e. The van der Waals surface area contributed by atoms with Crippen LogP contribution in [0.25, 0.3) is 0 Å². The van der Waals surface area contributed by atoms with Crippen LogP contribution in [0, 0.1) is 11.8 Å². The number of benzene rings is 1. The zero-order valence-electron chi connectivity index (χ0n) is 16.2. The molecule has 0 spiro atoms. The van der Waals surface area contributed by atoms with Crippen LogP contribution >= 0.6 is 0 Å². The van der Waals surface area contributed by atoms with Crippen LogP contribution in [0.3, 0.4) is 0 Å². The van der Waals surface area contributed by atoms with Gasteiger partial charge >= 0.3 is 0 Å². The molecule has 0 amide bonds. The van der Waals surface area contributed by atoms with Gasteiger partial charge in [-0.15, -0.1) is 0 Å². The average molecular weight is 345 g/mol. The SMILES string of the molecule is CCCCC1COC(c2ccc([C@H]3CC[C@H](CCC)CC3)cc2)OC1. The van der Waals surface area contributed by atoms with Gasteiger partial charge in [0, 0.05) is 11.5 Å². The molecular formula is C23H36O2. The van der Waals surface area contributed by atoms with Gasteiger partial charge in [0.15, 0.2) is 6.29 Å². The van der Waals surface area contributed by atoms with Gasteiger partial charge in [0.2, 0.25) is 0 Å². The van der Waals surface area contributed by atoms with E-state index in [0.717, 1.165) is 25.0 Å². The summed E-state index contributed by atoms with van der Waals surface area (Å²) >= 11 is 0. The molecule has 2 heteroatoms. The number of rotatable bonds is 7. The first-order valence-corrected chi connectivity index (χ1v) is 10.6. The second kappa shape index (κ2) is 9.73. The normalized spacial score (nSPS) is 30.3. The molecule has 1 saturated carbocycles. The summed E-state index contributed by atoms with van der Waals surface area (Å²) in [6.07, 6.45) is 11.9. The van der Waals surface area contributed by atoms with Crippen molar-refractivity contribution < 1.29 is 9.47 Å². The third kappa shape index (κ3) is 5.31. The van der Waals surface area contributed by atoms with E-state index in [1.807, 2.05) is 0 Å². The Kier molecular flexibility index (Phi) is 7.36. The minimum absolute atomic E-state index is 0.160. The highest BCUT2D eigenvalue weighted by atomic mass is 16.7. The maximum absolute atomic E-state index is 5.98. The Morgan fingerprint density at radius 3 is 2.00 bits per heavy atom. The average Bonchev–Trinajstić information content (AvgIpc) is 2.68. The van der Waals surface area contributed by atoms with Gasteiger partial charge in [-0.05, 0) is 49.5 Å². The van der Waals surface area contributed by atoms with E-state index in [9.17, 15) is 0 Å². The zero-order valence-corrected chi connectivity index (χ0v) is 16.2. The van der Waals surface area contributed by atoms with Crippen molar-refractivity contribution in [3.8, 4) is 0 Å². The molecule has 1 heterocycles. The van der Waals surface area contributed by atoms with E-state index in [-0.39, 0.29) is 6.29 Å². The Hall–Kier alpha value is -0.860. The fourth-order valence-electron chi connectivity index (χ4n) is 4.51. The van der Waals surface area contributed by atoms with Crippen molar-refractivity contribution in [3.63, 3.8) is 0 Å². The van der Waals surface area contributed by atoms with E-state index in [4.69, 9.17) is 9.47 Å². The molecule has 25 heavy (non-hydrogen) atoms. The van der Waals surface area contributed by atoms with Gasteiger partial charge in [-0.1, -0.05) is 63.8 Å². The Morgan fingerprint density at radius 1 is 0.760 bits per heavy atom. The van der Waals surface area contributed by atoms with Crippen LogP contribution in [0.4, 0.5) is 0 Å². The summed E-state index contributed by atoms with van der Waals surface area (Å²) < 4.78 is 12.0. The first-order valence-electron chi connectivity index (χ1n) is 10.6. The van der Waals surface area contributed by atoms with Gasteiger partial charge in [-0.25, -0.2) is 0 Å². The van der Waals surface area contributed by atoms with E-state index in [1.165, 1.54) is 68.9 Å². The molecule has 2 fully saturated rings. The summed E-state index contributed by atoms with van der Waals surface area (Å²) in [7, 11) is 0. The van der Waals surface area contributed by atoms with Gasteiger partial charge in [-0.3, -0.25) is 0 Å². The van der Waals surface area contributed by atoms with Crippen LogP contribution in [0.2, 0.25) is 0 Å². The molecule has 1 saturated heterocycles. The van der Waals surface area contributed by atoms with Crippen LogP contribution in [-0.2, 0) is 9.47 Å². The van der Waals surface area contributed by atoms with Crippen LogP contribution in [0.5, 0.6) is 0 Å². The standard InChI is InChI=1S/C23H36O2/c1-3-5-7-19-16-24-23(25-17-19)22-14-12-21(13-15-22)20-10-8-18(6-4-2)9-11-20/h12-15,18-20,23H,3-11,16-17H2,1-2H3/t18-,19?,20-,23?. The monoisotopic (exact) mass is 344 g/mol. The molecule has 1 aromatic carbocycles. The van der Waals surface area contributed by atoms with Crippen molar-refractivity contribution >= 4 is 0 Å². The lowest BCUT2D eigenvalue weighted by atomic mass is 9.77. The molecule has 0 N–H and O–H groups in total. The van der Waals surface area contributed by atoms with Crippen molar-refractivity contribution in [2.75, 3.05) is 13.2 Å². The predicted octanol–water partition coefficient (Wildman–Crippen LogP) is 6.61. The van der Waals surface area contributed by atoms with Crippen molar-refractivity contribution in [3.05, 3.63) is 35.4 Å². The van der Waals surface area contributed by atoms with E-state index in [1.54, 1.807) is 0 Å². The highest BCUT2D eigenvalue weighted by Gasteiger charge is 2.25. The molecule has 0 atom stereocenters. The smallest absolute Gasteiger partial charge is 0.183 e. The van der Waals surface area contributed by atoms with Crippen molar-refractivity contribution in [2.24, 2.45) is 11.8 Å². The third-order valence-electron chi connectivity index (χ3n) is 6.16. The molecule has 2 nitrogen and oxygen atoms in total. The molecule has 1 aliphatic heterocycles. The van der Waals surface area contributed by atoms with Gasteiger partial charge in [-0.2, -0.15) is 0 Å². The summed E-state index contributed by atoms with van der Waals surface area (Å²) in [4.78, 5) is 0. The first-order chi connectivity index (χ1) is 12.3. The minimum atomic E-state index is -0.160. The van der Waals surface area contributed by atoms with E-state index < -0.39 is 0 Å². The van der Waals surface area contributed by atoms with Crippen LogP contribution in [0.1, 0.15) is 95.0 Å². The lowest BCUT2D eigenvalue weighted by molar-refractivity contribution is -0.206. The summed E-state index contributed by atoms with van der Waals surface area (Å²) in [6, 6.07) is 9.08. The van der Waals surface area contributed by atoms with Crippen LogP contribution in [0.15, 0.2) is 24.3 Å². The molecule has 1 aliphatic carbocycles. The molecule has 0 aromatic heterocycles. The van der Waals surface area contributed by atoms with Crippen LogP contribution < -0.4 is 0 Å². The molecule has 2 aliphatic rings. The number of ether oxygens (including phenoxy) is 2. The highest BCUT2D eigenvalue weighted by Crippen LogP contribution is 2.38. The lowest BCUT2D eigenvalue weighted by Crippen LogP contribution is -2.27. The van der Waals surface area contributed by atoms with Gasteiger partial charge < -0.3 is 9.47 Å². The van der Waals surface area contributed by atoms with Crippen molar-refractivity contribution in [1.82, 2.24) is 0 Å². The number of hydrogen-bond acceptors (Lipinski definition) is 2. The van der Waals surface area contributed by atoms with Crippen molar-refractivity contribution in [2.45, 2.75) is 83.8 Å². The lowest BCUT2D eigenvalue weighted by Gasteiger charge is -2.30. The Balaban J connectivity index is 1.48. The third-order valence-corrected chi connectivity index (χ3v) is 6.16. The maximum atomic E-state index is 5.98. The highest BCUT2D eigenvalue weighted by molar-refractivity contribution is 5.26. The van der Waals surface area contributed by atoms with E-state index in [0.29, 0.717) is 5.92 Å². The fraction of sp³-hybridized carbons (Fsp3) is 0.739. The Labute approximate surface area is 154 Å². The second-order valence-electron chi connectivity index (χ2n) is 8.18. The fourth-order valence-corrected chi connectivity index (χ4v) is 4.51. The summed E-state index contributed by atoms with van der Waals surface area (Å²) in [5, 5.41) is 0. The zero-order chi connectivity index (χ0) is 17.5. The first kappa shape index (κ1) is 18.9. The Morgan fingerprint density at radius 2 is 1.40 bits per heavy atom. The topological polar surface area (TPSA) is 18.5 Å². The second-order valence-corrected chi connectivity index (χ2v) is 8.18. The number of hydrogen-bond donors (Lipinski definition) is 0. The molecule has 1 aromatic rings. The quantitative estimate of drug-likeness (QED) is 0.554. The van der Waals surface area contributed by atoms with Crippen molar-refractivity contribution in [1.29, 1.82) is 0 Å². The number of unbranched alkanes of at least 4 members (excludes halogenated alkanes) is 1. The minimum Gasteiger partial charge on any atom is -0.348 e. The predicted molar refractivity (Wildman–Crippen MR) is 104 cm³/mol. The maximum Gasteiger partial charge on any atom is 0.183 e. The molecule has 3 rings (SSSR count).